The molecule has 0 radical (unpaired) electrons. The summed E-state index contributed by atoms with van der Waals surface area (Å²) in [6.07, 6.45) is 3.92. The Labute approximate surface area is 160 Å². The van der Waals surface area contributed by atoms with Crippen molar-refractivity contribution in [2.24, 2.45) is 5.92 Å². The molecule has 6 heteroatoms. The number of rotatable bonds is 6. The van der Waals surface area contributed by atoms with Crippen LogP contribution in [-0.2, 0) is 17.8 Å². The molecule has 144 valence electrons. The van der Waals surface area contributed by atoms with Gasteiger partial charge in [-0.3, -0.25) is 9.69 Å². The van der Waals surface area contributed by atoms with E-state index in [2.05, 4.69) is 45.4 Å². The molecule has 2 saturated heterocycles. The Hall–Kier alpha value is -2.21. The fraction of sp³-hybridized carbons (Fsp3) is 0.571. The Morgan fingerprint density at radius 1 is 1.30 bits per heavy atom. The highest BCUT2D eigenvalue weighted by Gasteiger charge is 2.48. The van der Waals surface area contributed by atoms with Crippen LogP contribution in [0.3, 0.4) is 0 Å². The van der Waals surface area contributed by atoms with Crippen molar-refractivity contribution in [2.45, 2.75) is 58.2 Å². The molecule has 0 N–H and O–H groups in total. The Bertz CT molecular complexity index is 775. The van der Waals surface area contributed by atoms with Crippen LogP contribution in [0.25, 0.3) is 0 Å². The van der Waals surface area contributed by atoms with Gasteiger partial charge in [-0.1, -0.05) is 42.4 Å². The van der Waals surface area contributed by atoms with Gasteiger partial charge < -0.3 is 9.42 Å². The van der Waals surface area contributed by atoms with E-state index in [-0.39, 0.29) is 11.8 Å². The van der Waals surface area contributed by atoms with E-state index in [1.165, 1.54) is 12.0 Å². The number of carbonyl (C=O) groups excluding carboxylic acids is 1. The van der Waals surface area contributed by atoms with E-state index >= 15 is 0 Å². The molecule has 6 nitrogen and oxygen atoms in total. The quantitative estimate of drug-likeness (QED) is 0.783. The molecule has 1 amide bonds. The van der Waals surface area contributed by atoms with Crippen molar-refractivity contribution in [3.8, 4) is 0 Å². The highest BCUT2D eigenvalue weighted by Crippen LogP contribution is 2.45. The van der Waals surface area contributed by atoms with Crippen molar-refractivity contribution < 1.29 is 9.32 Å². The van der Waals surface area contributed by atoms with Gasteiger partial charge in [-0.25, -0.2) is 0 Å². The van der Waals surface area contributed by atoms with Crippen LogP contribution in [0.2, 0.25) is 0 Å². The first-order valence-corrected chi connectivity index (χ1v) is 10.1. The number of nitrogens with zero attached hydrogens (tertiary/aromatic N) is 4. The lowest BCUT2D eigenvalue weighted by molar-refractivity contribution is -0.137. The maximum atomic E-state index is 13.4. The molecule has 27 heavy (non-hydrogen) atoms. The van der Waals surface area contributed by atoms with Crippen molar-refractivity contribution in [3.05, 3.63) is 47.6 Å². The Morgan fingerprint density at radius 2 is 2.11 bits per heavy atom. The van der Waals surface area contributed by atoms with Gasteiger partial charge in [0.1, 0.15) is 0 Å². The van der Waals surface area contributed by atoms with Crippen LogP contribution in [0.1, 0.15) is 56.4 Å². The summed E-state index contributed by atoms with van der Waals surface area (Å²) in [5.74, 6) is 1.50. The third kappa shape index (κ3) is 3.50. The molecular formula is C21H28N4O2. The van der Waals surface area contributed by atoms with E-state index in [0.717, 1.165) is 25.8 Å². The number of benzene rings is 1. The predicted octanol–water partition coefficient (Wildman–Crippen LogP) is 3.21. The van der Waals surface area contributed by atoms with Gasteiger partial charge in [0, 0.05) is 25.0 Å². The Balaban J connectivity index is 1.51. The number of amides is 1. The van der Waals surface area contributed by atoms with E-state index < -0.39 is 0 Å². The van der Waals surface area contributed by atoms with Gasteiger partial charge in [0.05, 0.1) is 12.5 Å². The average Bonchev–Trinajstić information content (AvgIpc) is 3.42. The number of hydrogen-bond acceptors (Lipinski definition) is 5. The largest absolute Gasteiger partial charge is 0.337 e. The second-order valence-electron chi connectivity index (χ2n) is 7.53. The van der Waals surface area contributed by atoms with Gasteiger partial charge in [-0.15, -0.1) is 0 Å². The molecule has 0 aliphatic carbocycles. The highest BCUT2D eigenvalue weighted by molar-refractivity contribution is 5.80. The summed E-state index contributed by atoms with van der Waals surface area (Å²) in [4.78, 5) is 22.2. The van der Waals surface area contributed by atoms with E-state index in [9.17, 15) is 4.79 Å². The number of hydrogen-bond donors (Lipinski definition) is 0. The topological polar surface area (TPSA) is 62.5 Å². The van der Waals surface area contributed by atoms with E-state index in [1.54, 1.807) is 0 Å². The van der Waals surface area contributed by atoms with Crippen LogP contribution >= 0.6 is 0 Å². The lowest BCUT2D eigenvalue weighted by atomic mass is 9.93. The van der Waals surface area contributed by atoms with Crippen LogP contribution in [-0.4, -0.2) is 45.0 Å². The molecule has 0 spiro atoms. The third-order valence-corrected chi connectivity index (χ3v) is 6.03. The van der Waals surface area contributed by atoms with Crippen molar-refractivity contribution in [1.29, 1.82) is 0 Å². The minimum absolute atomic E-state index is 0.0474. The zero-order valence-electron chi connectivity index (χ0n) is 16.2. The zero-order valence-corrected chi connectivity index (χ0v) is 16.2. The van der Waals surface area contributed by atoms with Gasteiger partial charge in [0.25, 0.3) is 0 Å². The number of carbonyl (C=O) groups is 1. The van der Waals surface area contributed by atoms with Crippen molar-refractivity contribution in [2.75, 3.05) is 13.1 Å². The van der Waals surface area contributed by atoms with E-state index in [0.29, 0.717) is 36.9 Å². The van der Waals surface area contributed by atoms with E-state index in [1.807, 2.05) is 18.7 Å². The number of aromatic nitrogens is 2. The first-order valence-electron chi connectivity index (χ1n) is 10.1. The molecule has 2 aliphatic heterocycles. The maximum absolute atomic E-state index is 13.4. The molecule has 2 aromatic rings. The molecule has 0 saturated carbocycles. The number of aryl methyl sites for hydroxylation is 1. The van der Waals surface area contributed by atoms with Crippen LogP contribution < -0.4 is 0 Å². The van der Waals surface area contributed by atoms with Crippen molar-refractivity contribution in [1.82, 2.24) is 19.9 Å². The van der Waals surface area contributed by atoms with Crippen LogP contribution in [0, 0.1) is 5.92 Å². The van der Waals surface area contributed by atoms with Crippen molar-refractivity contribution in [3.63, 3.8) is 0 Å². The standard InChI is InChI=1S/C21H28N4O2/c1-3-19-22-20(27-23-19)14-24(4-2)21(26)16-13-18(15-9-6-5-7-10-15)25-12-8-11-17(16)25/h5-7,9-10,16-18H,3-4,8,11-14H2,1-2H3/t16-,17+,18-/m0/s1. The fourth-order valence-corrected chi connectivity index (χ4v) is 4.68. The van der Waals surface area contributed by atoms with Crippen LogP contribution in [0.15, 0.2) is 34.9 Å². The molecular weight excluding hydrogens is 340 g/mol. The van der Waals surface area contributed by atoms with Crippen LogP contribution in [0.5, 0.6) is 0 Å². The number of fused-ring (bicyclic) bond motifs is 1. The lowest BCUT2D eigenvalue weighted by Gasteiger charge is -2.26. The van der Waals surface area contributed by atoms with Crippen molar-refractivity contribution >= 4 is 5.91 Å². The smallest absolute Gasteiger partial charge is 0.246 e. The monoisotopic (exact) mass is 368 g/mol. The summed E-state index contributed by atoms with van der Waals surface area (Å²) < 4.78 is 5.31. The average molecular weight is 368 g/mol. The summed E-state index contributed by atoms with van der Waals surface area (Å²) in [5.41, 5.74) is 1.33. The SMILES string of the molecule is CCc1noc(CN(CC)C(=O)[C@H]2C[C@@H](c3ccccc3)N3CCC[C@H]23)n1. The summed E-state index contributed by atoms with van der Waals surface area (Å²) in [5, 5.41) is 3.95. The molecule has 0 bridgehead atoms. The third-order valence-electron chi connectivity index (χ3n) is 6.03. The molecule has 3 heterocycles. The predicted molar refractivity (Wildman–Crippen MR) is 102 cm³/mol. The second-order valence-corrected chi connectivity index (χ2v) is 7.53. The minimum atomic E-state index is 0.0474. The zero-order chi connectivity index (χ0) is 18.8. The van der Waals surface area contributed by atoms with Gasteiger partial charge in [0.2, 0.25) is 11.8 Å². The lowest BCUT2D eigenvalue weighted by Crippen LogP contribution is -2.40. The van der Waals surface area contributed by atoms with Gasteiger partial charge in [-0.2, -0.15) is 4.98 Å². The van der Waals surface area contributed by atoms with Gasteiger partial charge in [0.15, 0.2) is 5.82 Å². The molecule has 1 aromatic heterocycles. The minimum Gasteiger partial charge on any atom is -0.337 e. The van der Waals surface area contributed by atoms with Crippen LogP contribution in [0.4, 0.5) is 0 Å². The first kappa shape index (κ1) is 18.2. The Kier molecular flexibility index (Phi) is 5.25. The second kappa shape index (κ2) is 7.80. The highest BCUT2D eigenvalue weighted by atomic mass is 16.5. The molecule has 2 aliphatic rings. The first-order chi connectivity index (χ1) is 13.2. The molecule has 2 fully saturated rings. The summed E-state index contributed by atoms with van der Waals surface area (Å²) in [6.45, 7) is 6.16. The molecule has 4 rings (SSSR count). The maximum Gasteiger partial charge on any atom is 0.246 e. The van der Waals surface area contributed by atoms with E-state index in [4.69, 9.17) is 4.52 Å². The summed E-state index contributed by atoms with van der Waals surface area (Å²) in [6, 6.07) is 11.3. The van der Waals surface area contributed by atoms with Gasteiger partial charge in [-0.05, 0) is 38.3 Å². The normalized spacial score (nSPS) is 24.9. The van der Waals surface area contributed by atoms with Gasteiger partial charge >= 0.3 is 0 Å². The summed E-state index contributed by atoms with van der Waals surface area (Å²) >= 11 is 0. The molecule has 0 unspecified atom stereocenters. The summed E-state index contributed by atoms with van der Waals surface area (Å²) in [7, 11) is 0. The fourth-order valence-electron chi connectivity index (χ4n) is 4.68. The Morgan fingerprint density at radius 3 is 2.81 bits per heavy atom. The molecule has 3 atom stereocenters. The molecule has 1 aromatic carbocycles.